The summed E-state index contributed by atoms with van der Waals surface area (Å²) in [7, 11) is 0. The van der Waals surface area contributed by atoms with Crippen molar-refractivity contribution in [2.24, 2.45) is 0 Å². The van der Waals surface area contributed by atoms with Crippen molar-refractivity contribution in [3.8, 4) is 17.0 Å². The third kappa shape index (κ3) is 2.03. The summed E-state index contributed by atoms with van der Waals surface area (Å²) < 4.78 is 0. The van der Waals surface area contributed by atoms with E-state index in [0.29, 0.717) is 16.6 Å². The van der Waals surface area contributed by atoms with E-state index in [1.54, 1.807) is 30.3 Å². The molecule has 3 aromatic rings. The Labute approximate surface area is 113 Å². The van der Waals surface area contributed by atoms with Gasteiger partial charge in [0.2, 0.25) is 0 Å². The summed E-state index contributed by atoms with van der Waals surface area (Å²) in [6.45, 7) is 0. The third-order valence-electron chi connectivity index (χ3n) is 2.97. The van der Waals surface area contributed by atoms with Crippen molar-refractivity contribution in [1.29, 1.82) is 0 Å². The number of aromatic hydroxyl groups is 1. The zero-order valence-electron chi connectivity index (χ0n) is 10.2. The van der Waals surface area contributed by atoms with Gasteiger partial charge in [-0.2, -0.15) is 0 Å². The fourth-order valence-electron chi connectivity index (χ4n) is 2.01. The topological polar surface area (TPSA) is 89.2 Å². The quantitative estimate of drug-likeness (QED) is 0.569. The standard InChI is InChI=1S/C14H9N3O3/c18-11-4-1-9(2-5-11)14-12-7-10(17(19)20)3-6-13(12)15-8-16-14/h1-8,18H. The van der Waals surface area contributed by atoms with Crippen LogP contribution in [-0.2, 0) is 0 Å². The van der Waals surface area contributed by atoms with Crippen LogP contribution in [0.4, 0.5) is 5.69 Å². The molecule has 6 nitrogen and oxygen atoms in total. The Morgan fingerprint density at radius 2 is 1.80 bits per heavy atom. The number of aromatic nitrogens is 2. The number of rotatable bonds is 2. The summed E-state index contributed by atoms with van der Waals surface area (Å²) in [5, 5.41) is 20.8. The van der Waals surface area contributed by atoms with Crippen molar-refractivity contribution in [2.75, 3.05) is 0 Å². The molecule has 0 radical (unpaired) electrons. The van der Waals surface area contributed by atoms with E-state index in [-0.39, 0.29) is 11.4 Å². The molecule has 0 saturated carbocycles. The van der Waals surface area contributed by atoms with Crippen LogP contribution < -0.4 is 0 Å². The first kappa shape index (κ1) is 12.0. The van der Waals surface area contributed by atoms with Crippen LogP contribution in [0.1, 0.15) is 0 Å². The highest BCUT2D eigenvalue weighted by Gasteiger charge is 2.11. The van der Waals surface area contributed by atoms with Crippen molar-refractivity contribution in [3.63, 3.8) is 0 Å². The van der Waals surface area contributed by atoms with Gasteiger partial charge < -0.3 is 5.11 Å². The lowest BCUT2D eigenvalue weighted by Crippen LogP contribution is -1.92. The first-order valence-corrected chi connectivity index (χ1v) is 5.84. The smallest absolute Gasteiger partial charge is 0.270 e. The molecule has 0 atom stereocenters. The Kier molecular flexibility index (Phi) is 2.76. The number of phenolic OH excluding ortho intramolecular Hbond substituents is 1. The van der Waals surface area contributed by atoms with E-state index in [4.69, 9.17) is 0 Å². The number of hydrogen-bond donors (Lipinski definition) is 1. The van der Waals surface area contributed by atoms with Gasteiger partial charge in [-0.15, -0.1) is 0 Å². The molecule has 0 unspecified atom stereocenters. The predicted molar refractivity (Wildman–Crippen MR) is 73.3 cm³/mol. The summed E-state index contributed by atoms with van der Waals surface area (Å²) in [6.07, 6.45) is 1.41. The lowest BCUT2D eigenvalue weighted by Gasteiger charge is -2.05. The van der Waals surface area contributed by atoms with E-state index in [1.807, 2.05) is 0 Å². The molecule has 0 aliphatic rings. The number of nitro benzene ring substituents is 1. The Morgan fingerprint density at radius 3 is 2.50 bits per heavy atom. The average molecular weight is 267 g/mol. The van der Waals surface area contributed by atoms with E-state index in [2.05, 4.69) is 9.97 Å². The van der Waals surface area contributed by atoms with Crippen molar-refractivity contribution in [1.82, 2.24) is 9.97 Å². The number of non-ortho nitro benzene ring substituents is 1. The Morgan fingerprint density at radius 1 is 1.05 bits per heavy atom. The van der Waals surface area contributed by atoms with Crippen LogP contribution in [0.3, 0.4) is 0 Å². The van der Waals surface area contributed by atoms with Gasteiger partial charge >= 0.3 is 0 Å². The van der Waals surface area contributed by atoms with E-state index in [9.17, 15) is 15.2 Å². The van der Waals surface area contributed by atoms with Crippen LogP contribution >= 0.6 is 0 Å². The summed E-state index contributed by atoms with van der Waals surface area (Å²) >= 11 is 0. The molecule has 0 fully saturated rings. The van der Waals surface area contributed by atoms with Gasteiger partial charge in [-0.05, 0) is 30.3 Å². The maximum atomic E-state index is 10.9. The van der Waals surface area contributed by atoms with E-state index in [0.717, 1.165) is 5.56 Å². The van der Waals surface area contributed by atoms with E-state index >= 15 is 0 Å². The molecule has 0 amide bonds. The van der Waals surface area contributed by atoms with Crippen molar-refractivity contribution in [3.05, 3.63) is 58.9 Å². The van der Waals surface area contributed by atoms with Crippen molar-refractivity contribution >= 4 is 16.6 Å². The van der Waals surface area contributed by atoms with Gasteiger partial charge in [0, 0.05) is 23.1 Å². The zero-order valence-corrected chi connectivity index (χ0v) is 10.2. The Bertz CT molecular complexity index is 800. The maximum Gasteiger partial charge on any atom is 0.270 e. The number of nitrogens with zero attached hydrogens (tertiary/aromatic N) is 3. The molecule has 0 saturated heterocycles. The van der Waals surface area contributed by atoms with Gasteiger partial charge in [0.05, 0.1) is 16.1 Å². The molecule has 0 spiro atoms. The summed E-state index contributed by atoms with van der Waals surface area (Å²) in [6, 6.07) is 11.0. The first-order chi connectivity index (χ1) is 9.65. The molecular formula is C14H9N3O3. The normalized spacial score (nSPS) is 10.6. The number of nitro groups is 1. The highest BCUT2D eigenvalue weighted by Crippen LogP contribution is 2.29. The highest BCUT2D eigenvalue weighted by molar-refractivity contribution is 5.93. The number of hydrogen-bond acceptors (Lipinski definition) is 5. The predicted octanol–water partition coefficient (Wildman–Crippen LogP) is 2.91. The van der Waals surface area contributed by atoms with Crippen LogP contribution in [0.25, 0.3) is 22.2 Å². The third-order valence-corrected chi connectivity index (χ3v) is 2.97. The van der Waals surface area contributed by atoms with E-state index in [1.165, 1.54) is 18.5 Å². The molecular weight excluding hydrogens is 258 g/mol. The van der Waals surface area contributed by atoms with Gasteiger partial charge in [0.15, 0.2) is 0 Å². The maximum absolute atomic E-state index is 10.9. The number of fused-ring (bicyclic) bond motifs is 1. The molecule has 1 heterocycles. The molecule has 0 aliphatic heterocycles. The highest BCUT2D eigenvalue weighted by atomic mass is 16.6. The summed E-state index contributed by atoms with van der Waals surface area (Å²) in [5.74, 6) is 0.151. The van der Waals surface area contributed by atoms with Gasteiger partial charge in [-0.25, -0.2) is 9.97 Å². The Hall–Kier alpha value is -3.02. The fourth-order valence-corrected chi connectivity index (χ4v) is 2.01. The number of benzene rings is 2. The largest absolute Gasteiger partial charge is 0.508 e. The monoisotopic (exact) mass is 267 g/mol. The second-order valence-corrected chi connectivity index (χ2v) is 4.23. The minimum absolute atomic E-state index is 0.00710. The molecule has 6 heteroatoms. The lowest BCUT2D eigenvalue weighted by molar-refractivity contribution is -0.384. The minimum Gasteiger partial charge on any atom is -0.508 e. The van der Waals surface area contributed by atoms with Crippen molar-refractivity contribution < 1.29 is 10.0 Å². The second kappa shape index (κ2) is 4.58. The molecule has 2 aromatic carbocycles. The van der Waals surface area contributed by atoms with E-state index < -0.39 is 4.92 Å². The van der Waals surface area contributed by atoms with Gasteiger partial charge in [0.25, 0.3) is 5.69 Å². The van der Waals surface area contributed by atoms with Crippen LogP contribution in [0.5, 0.6) is 5.75 Å². The SMILES string of the molecule is O=[N+]([O-])c1ccc2ncnc(-c3ccc(O)cc3)c2c1. The molecule has 1 N–H and O–H groups in total. The van der Waals surface area contributed by atoms with Gasteiger partial charge in [-0.1, -0.05) is 0 Å². The van der Waals surface area contributed by atoms with Crippen LogP contribution in [0, 0.1) is 10.1 Å². The fraction of sp³-hybridized carbons (Fsp3) is 0. The summed E-state index contributed by atoms with van der Waals surface area (Å²) in [5.41, 5.74) is 1.98. The van der Waals surface area contributed by atoms with Crippen LogP contribution in [0.15, 0.2) is 48.8 Å². The van der Waals surface area contributed by atoms with Gasteiger partial charge in [0.1, 0.15) is 12.1 Å². The zero-order chi connectivity index (χ0) is 14.1. The minimum atomic E-state index is -0.451. The Balaban J connectivity index is 2.26. The average Bonchev–Trinajstić information content (AvgIpc) is 2.47. The lowest BCUT2D eigenvalue weighted by atomic mass is 10.1. The second-order valence-electron chi connectivity index (χ2n) is 4.23. The first-order valence-electron chi connectivity index (χ1n) is 5.84. The molecule has 0 aliphatic carbocycles. The number of phenols is 1. The summed E-state index contributed by atoms with van der Waals surface area (Å²) in [4.78, 5) is 18.7. The van der Waals surface area contributed by atoms with Crippen LogP contribution in [-0.4, -0.2) is 20.0 Å². The van der Waals surface area contributed by atoms with Crippen LogP contribution in [0.2, 0.25) is 0 Å². The molecule has 3 rings (SSSR count). The van der Waals surface area contributed by atoms with Crippen molar-refractivity contribution in [2.45, 2.75) is 0 Å². The molecule has 1 aromatic heterocycles. The molecule has 20 heavy (non-hydrogen) atoms. The van der Waals surface area contributed by atoms with Gasteiger partial charge in [-0.3, -0.25) is 10.1 Å². The molecule has 0 bridgehead atoms. The molecule has 98 valence electrons.